The minimum absolute atomic E-state index is 0.0308. The van der Waals surface area contributed by atoms with E-state index in [4.69, 9.17) is 18.9 Å². The van der Waals surface area contributed by atoms with Crippen LogP contribution >= 0.6 is 0 Å². The van der Waals surface area contributed by atoms with E-state index < -0.39 is 228 Å². The third-order valence-corrected chi connectivity index (χ3v) is 20.3. The van der Waals surface area contributed by atoms with Crippen molar-refractivity contribution in [2.75, 3.05) is 33.4 Å². The van der Waals surface area contributed by atoms with Crippen molar-refractivity contribution in [2.45, 2.75) is 162 Å². The number of rotatable bonds is 29. The molecule has 0 radical (unpaired) electrons. The van der Waals surface area contributed by atoms with E-state index in [1.165, 1.54) is 63.4 Å². The monoisotopic (exact) mass is 1520 g/mol. The number of benzene rings is 5. The number of ether oxygens (including phenoxy) is 4. The number of nitrogens with one attached hydrogen (secondary N) is 6. The normalized spacial score (nSPS) is 21.3. The van der Waals surface area contributed by atoms with Gasteiger partial charge in [0.1, 0.15) is 71.5 Å². The zero-order valence-corrected chi connectivity index (χ0v) is 59.3. The SMILES string of the molecule is COc1cccc2c1C(=O)c1c(O)c3c(c(O)c1C2=O)C[C@@](O)(C(=O)CO)C[C@@H]3O[C@H]1C[C@H](NC(=O)[C@H](CC(C)C)NC(=O)[C@H](Cc2ccc(O)cc2)NC(=O)[C@@H](NC(=O)CNC(=O)[C@H](CO)NC(=O)[C@@H]2CCCN2C(=O)c2cc(S(=O)(=O)O)cc(S(=O)(=O)O)c2)[C@@H](C)OCc2ccccc2)[C@H](O)[C@H](C)O1. The van der Waals surface area contributed by atoms with Crippen molar-refractivity contribution in [1.29, 1.82) is 0 Å². The summed E-state index contributed by atoms with van der Waals surface area (Å²) in [7, 11) is -9.04. The second kappa shape index (κ2) is 33.3. The molecule has 0 spiro atoms. The van der Waals surface area contributed by atoms with Gasteiger partial charge in [-0.2, -0.15) is 16.8 Å². The van der Waals surface area contributed by atoms with E-state index in [1.54, 1.807) is 44.2 Å². The first-order valence-corrected chi connectivity index (χ1v) is 36.3. The van der Waals surface area contributed by atoms with Crippen molar-refractivity contribution < 1.29 is 129 Å². The Kier molecular flexibility index (Phi) is 25.2. The lowest BCUT2D eigenvalue weighted by Gasteiger charge is -2.43. The number of nitrogens with zero attached hydrogens (tertiary/aromatic N) is 1. The van der Waals surface area contributed by atoms with Crippen molar-refractivity contribution in [3.63, 3.8) is 0 Å². The van der Waals surface area contributed by atoms with Gasteiger partial charge in [-0.15, -0.1) is 0 Å². The van der Waals surface area contributed by atoms with Gasteiger partial charge in [0, 0.05) is 54.5 Å². The largest absolute Gasteiger partial charge is 0.508 e. The summed E-state index contributed by atoms with van der Waals surface area (Å²) in [5.41, 5.74) is -4.61. The predicted molar refractivity (Wildman–Crippen MR) is 366 cm³/mol. The van der Waals surface area contributed by atoms with Gasteiger partial charge < -0.3 is 91.5 Å². The summed E-state index contributed by atoms with van der Waals surface area (Å²) in [5, 5.41) is 93.1. The van der Waals surface area contributed by atoms with Crippen molar-refractivity contribution >= 4 is 78.9 Å². The number of likely N-dealkylation sites (tertiary alicyclic amines) is 1. The maximum absolute atomic E-state index is 14.9. The number of carbonyl (C=O) groups is 10. The molecule has 9 rings (SSSR count). The third kappa shape index (κ3) is 18.1. The molecular weight excluding hydrogens is 1430 g/mol. The number of aliphatic hydroxyl groups is 4. The first-order chi connectivity index (χ1) is 50.0. The third-order valence-electron chi connectivity index (χ3n) is 18.6. The molecular formula is C70H81N7O27S2. The second-order valence-electron chi connectivity index (χ2n) is 26.5. The van der Waals surface area contributed by atoms with Crippen LogP contribution in [0.4, 0.5) is 0 Å². The summed E-state index contributed by atoms with van der Waals surface area (Å²) in [5.74, 6) is -12.6. The highest BCUT2D eigenvalue weighted by Gasteiger charge is 2.51. The number of hydrogen-bond donors (Lipinski definition) is 15. The van der Waals surface area contributed by atoms with E-state index in [2.05, 4.69) is 31.9 Å². The highest BCUT2D eigenvalue weighted by Crippen LogP contribution is 2.53. The smallest absolute Gasteiger partial charge is 0.294 e. The van der Waals surface area contributed by atoms with Crippen LogP contribution in [0.25, 0.3) is 0 Å². The molecule has 0 unspecified atom stereocenters. The van der Waals surface area contributed by atoms with Crippen LogP contribution in [0.1, 0.15) is 130 Å². The minimum Gasteiger partial charge on any atom is -0.508 e. The standard InChI is InChI=1S/C70H81N7O27S2/c1-33(2)21-45(65(89)72-44-26-53(103-35(4)59(44)83)104-50-28-70(94,51(81)31-79)27-43-55(50)63(87)57-56(61(43)85)60(84)42-13-9-15-49(101-5)54(42)62(57)86)73-66(90)46(22-36-16-18-39(80)19-17-36)74-68(92)58(34(3)102-32-37-11-7-6-8-12-37)76-52(82)29-71-64(88)47(30-78)75-67(91)48-14-10-20-77(48)69(93)38-23-40(105(95,96)97)25-41(24-38)106(98,99)100/h6-9,11-13,15-19,23-25,33-35,44-48,50,53,58-59,78-80,83,85,87,94H,10,14,20-22,26-32H2,1-5H3,(H,71,88)(H,72,89)(H,73,90)(H,74,92)(H,75,91)(H,76,82)(H,95,96,97)(H,98,99,100)/t34-,35+,44+,45+,46+,47+,48+,50+,53+,58+,59-,70+/m1/s1. The van der Waals surface area contributed by atoms with Crippen LogP contribution < -0.4 is 36.6 Å². The highest BCUT2D eigenvalue weighted by atomic mass is 32.2. The average molecular weight is 1520 g/mol. The number of Topliss-reactive ketones (excluding diaryl/α,β-unsaturated/α-hetero) is 1. The van der Waals surface area contributed by atoms with E-state index in [0.29, 0.717) is 29.3 Å². The topological polar surface area (TPSA) is 533 Å². The fourth-order valence-corrected chi connectivity index (χ4v) is 14.3. The molecule has 570 valence electrons. The van der Waals surface area contributed by atoms with Crippen LogP contribution in [0.15, 0.2) is 101 Å². The minimum atomic E-state index is -5.15. The Morgan fingerprint density at radius 1 is 0.736 bits per heavy atom. The quantitative estimate of drug-likeness (QED) is 0.0210. The Balaban J connectivity index is 0.912. The molecule has 4 aliphatic rings. The molecule has 2 aliphatic heterocycles. The van der Waals surface area contributed by atoms with Gasteiger partial charge >= 0.3 is 0 Å². The van der Waals surface area contributed by atoms with Crippen LogP contribution in [-0.2, 0) is 87.5 Å². The molecule has 34 nitrogen and oxygen atoms in total. The van der Waals surface area contributed by atoms with Crippen molar-refractivity contribution in [2.24, 2.45) is 5.92 Å². The molecule has 2 heterocycles. The van der Waals surface area contributed by atoms with Crippen molar-refractivity contribution in [1.82, 2.24) is 36.8 Å². The van der Waals surface area contributed by atoms with Gasteiger partial charge in [-0.05, 0) is 86.6 Å². The number of aromatic hydroxyl groups is 3. The first kappa shape index (κ1) is 80.2. The number of fused-ring (bicyclic) bond motifs is 3. The summed E-state index contributed by atoms with van der Waals surface area (Å²) in [6, 6.07) is 10.5. The van der Waals surface area contributed by atoms with Gasteiger partial charge in [0.2, 0.25) is 41.2 Å². The Bertz CT molecular complexity index is 4440. The number of ketones is 3. The second-order valence-corrected chi connectivity index (χ2v) is 29.4. The molecule has 5 aromatic carbocycles. The lowest BCUT2D eigenvalue weighted by atomic mass is 9.72. The van der Waals surface area contributed by atoms with E-state index in [9.17, 15) is 110 Å². The summed E-state index contributed by atoms with van der Waals surface area (Å²) in [4.78, 5) is 140. The van der Waals surface area contributed by atoms with E-state index in [1.807, 2.05) is 0 Å². The maximum Gasteiger partial charge on any atom is 0.294 e. The number of carbonyl (C=O) groups excluding carboxylic acids is 10. The number of phenolic OH excluding ortho intramolecular Hbond substituents is 3. The Hall–Kier alpha value is -9.86. The molecule has 12 atom stereocenters. The number of amides is 7. The Labute approximate surface area is 606 Å². The summed E-state index contributed by atoms with van der Waals surface area (Å²) < 4.78 is 91.1. The molecule has 2 saturated heterocycles. The molecule has 0 aromatic heterocycles. The molecule has 7 amide bonds. The highest BCUT2D eigenvalue weighted by molar-refractivity contribution is 7.86. The van der Waals surface area contributed by atoms with Gasteiger partial charge in [-0.25, -0.2) is 0 Å². The molecule has 5 aromatic rings. The van der Waals surface area contributed by atoms with E-state index in [0.717, 1.165) is 4.90 Å². The molecule has 2 fully saturated rings. The first-order valence-electron chi connectivity index (χ1n) is 33.4. The molecule has 2 aliphatic carbocycles. The molecule has 0 saturated carbocycles. The summed E-state index contributed by atoms with van der Waals surface area (Å²) >= 11 is 0. The van der Waals surface area contributed by atoms with Crippen molar-refractivity contribution in [3.05, 3.63) is 141 Å². The molecule has 36 heteroatoms. The van der Waals surface area contributed by atoms with Crippen LogP contribution in [0, 0.1) is 5.92 Å². The maximum atomic E-state index is 14.9. The average Bonchev–Trinajstić information content (AvgIpc) is 0.755. The van der Waals surface area contributed by atoms with Crippen LogP contribution in [0.2, 0.25) is 0 Å². The van der Waals surface area contributed by atoms with Gasteiger partial charge in [0.15, 0.2) is 17.9 Å². The van der Waals surface area contributed by atoms with E-state index in [-0.39, 0.29) is 78.5 Å². The van der Waals surface area contributed by atoms with Crippen LogP contribution in [0.3, 0.4) is 0 Å². The number of hydrogen-bond acceptors (Lipinski definition) is 25. The Morgan fingerprint density at radius 2 is 1.39 bits per heavy atom. The number of phenols is 3. The predicted octanol–water partition coefficient (Wildman–Crippen LogP) is -0.396. The van der Waals surface area contributed by atoms with Crippen LogP contribution in [0.5, 0.6) is 23.0 Å². The van der Waals surface area contributed by atoms with Gasteiger partial charge in [0.25, 0.3) is 26.1 Å². The Morgan fingerprint density at radius 3 is 2.01 bits per heavy atom. The molecule has 0 bridgehead atoms. The van der Waals surface area contributed by atoms with Gasteiger partial charge in [-0.1, -0.05) is 68.4 Å². The van der Waals surface area contributed by atoms with Gasteiger partial charge in [0.05, 0.1) is 77.7 Å². The number of aliphatic hydroxyl groups excluding tert-OH is 3. The van der Waals surface area contributed by atoms with E-state index >= 15 is 0 Å². The zero-order chi connectivity index (χ0) is 77.6. The van der Waals surface area contributed by atoms with Crippen LogP contribution in [-0.4, -0.2) is 225 Å². The number of methoxy groups -OCH3 is 1. The van der Waals surface area contributed by atoms with Gasteiger partial charge in [-0.3, -0.25) is 57.1 Å². The fourth-order valence-electron chi connectivity index (χ4n) is 13.2. The lowest BCUT2D eigenvalue weighted by Crippen LogP contribution is -2.62. The lowest BCUT2D eigenvalue weighted by molar-refractivity contribution is -0.249. The fraction of sp³-hybridized carbons (Fsp3) is 0.429. The zero-order valence-electron chi connectivity index (χ0n) is 57.7. The van der Waals surface area contributed by atoms with Crippen molar-refractivity contribution in [3.8, 4) is 23.0 Å². The molecule has 106 heavy (non-hydrogen) atoms. The molecule has 15 N–H and O–H groups in total. The summed E-state index contributed by atoms with van der Waals surface area (Å²) in [6.45, 7) is 2.74. The summed E-state index contributed by atoms with van der Waals surface area (Å²) in [6.07, 6.45) is -9.43.